The smallest absolute Gasteiger partial charge is 0.263 e. The van der Waals surface area contributed by atoms with Gasteiger partial charge >= 0.3 is 0 Å². The highest BCUT2D eigenvalue weighted by atomic mass is 32.2. The minimum Gasteiger partial charge on any atom is -0.497 e. The van der Waals surface area contributed by atoms with E-state index in [1.54, 1.807) is 63.0 Å². The number of methoxy groups -OCH3 is 2. The third-order valence-corrected chi connectivity index (χ3v) is 6.65. The van der Waals surface area contributed by atoms with Crippen molar-refractivity contribution in [3.63, 3.8) is 0 Å². The van der Waals surface area contributed by atoms with Gasteiger partial charge in [-0.2, -0.15) is 0 Å². The van der Waals surface area contributed by atoms with Crippen LogP contribution < -0.4 is 19.5 Å². The average Bonchev–Trinajstić information content (AvgIpc) is 3.28. The molecule has 8 nitrogen and oxygen atoms in total. The van der Waals surface area contributed by atoms with Crippen molar-refractivity contribution in [3.8, 4) is 17.2 Å². The normalized spacial score (nSPS) is 11.1. The van der Waals surface area contributed by atoms with Crippen LogP contribution in [-0.2, 0) is 16.6 Å². The highest BCUT2D eigenvalue weighted by Crippen LogP contribution is 2.30. The number of hydrogen-bond acceptors (Lipinski definition) is 6. The Morgan fingerprint density at radius 1 is 0.971 bits per heavy atom. The van der Waals surface area contributed by atoms with Crippen LogP contribution in [0.25, 0.3) is 5.69 Å². The van der Waals surface area contributed by atoms with Crippen LogP contribution in [-0.4, -0.2) is 32.2 Å². The number of benzene rings is 3. The molecule has 4 aromatic rings. The molecule has 1 heterocycles. The van der Waals surface area contributed by atoms with Crippen LogP contribution in [0.2, 0.25) is 0 Å². The maximum absolute atomic E-state index is 13.3. The molecule has 0 amide bonds. The summed E-state index contributed by atoms with van der Waals surface area (Å²) < 4.78 is 41.8. The molecule has 3 aromatic carbocycles. The second-order valence-corrected chi connectivity index (χ2v) is 9.27. The van der Waals surface area contributed by atoms with Gasteiger partial charge in [-0.05, 0) is 48.9 Å². The third kappa shape index (κ3) is 5.15. The van der Waals surface area contributed by atoms with E-state index in [9.17, 15) is 8.42 Å². The molecule has 0 unspecified atom stereocenters. The predicted octanol–water partition coefficient (Wildman–Crippen LogP) is 4.61. The Morgan fingerprint density at radius 3 is 2.53 bits per heavy atom. The lowest BCUT2D eigenvalue weighted by atomic mass is 10.2. The van der Waals surface area contributed by atoms with E-state index in [0.717, 1.165) is 22.7 Å². The molecule has 1 aromatic heterocycles. The van der Waals surface area contributed by atoms with E-state index in [4.69, 9.17) is 9.47 Å². The van der Waals surface area contributed by atoms with Gasteiger partial charge in [-0.15, -0.1) is 0 Å². The Hall–Kier alpha value is -3.98. The van der Waals surface area contributed by atoms with Gasteiger partial charge in [0.2, 0.25) is 0 Å². The van der Waals surface area contributed by atoms with Gasteiger partial charge in [-0.3, -0.25) is 4.72 Å². The fraction of sp³-hybridized carbons (Fsp3) is 0.160. The van der Waals surface area contributed by atoms with Gasteiger partial charge in [0.1, 0.15) is 16.4 Å². The number of aryl methyl sites for hydroxylation is 1. The zero-order valence-corrected chi connectivity index (χ0v) is 20.0. The molecule has 0 aliphatic carbocycles. The predicted molar refractivity (Wildman–Crippen MR) is 132 cm³/mol. The Balaban J connectivity index is 1.57. The highest BCUT2D eigenvalue weighted by Gasteiger charge is 2.19. The van der Waals surface area contributed by atoms with Crippen LogP contribution in [0.3, 0.4) is 0 Å². The maximum atomic E-state index is 13.3. The van der Waals surface area contributed by atoms with Gasteiger partial charge in [0.05, 0.1) is 43.3 Å². The van der Waals surface area contributed by atoms with Crippen LogP contribution in [0, 0.1) is 6.92 Å². The highest BCUT2D eigenvalue weighted by molar-refractivity contribution is 7.92. The first-order valence-corrected chi connectivity index (χ1v) is 12.1. The molecule has 4 rings (SSSR count). The molecule has 2 N–H and O–H groups in total. The summed E-state index contributed by atoms with van der Waals surface area (Å²) in [5.74, 6) is 1.26. The lowest BCUT2D eigenvalue weighted by molar-refractivity contribution is 0.413. The van der Waals surface area contributed by atoms with Crippen LogP contribution in [0.5, 0.6) is 11.5 Å². The summed E-state index contributed by atoms with van der Waals surface area (Å²) in [5, 5.41) is 3.22. The van der Waals surface area contributed by atoms with Crippen molar-refractivity contribution in [1.29, 1.82) is 0 Å². The largest absolute Gasteiger partial charge is 0.497 e. The number of nitrogens with zero attached hydrogens (tertiary/aromatic N) is 2. The third-order valence-electron chi connectivity index (χ3n) is 5.22. The molecular weight excluding hydrogens is 452 g/mol. The molecule has 0 saturated heterocycles. The van der Waals surface area contributed by atoms with Gasteiger partial charge in [0.15, 0.2) is 0 Å². The first-order valence-electron chi connectivity index (χ1n) is 10.6. The van der Waals surface area contributed by atoms with Gasteiger partial charge in [0.25, 0.3) is 10.0 Å². The molecule has 0 bridgehead atoms. The minimum atomic E-state index is -3.87. The molecule has 0 aliphatic rings. The number of nitrogens with one attached hydrogen (secondary N) is 2. The van der Waals surface area contributed by atoms with Gasteiger partial charge < -0.3 is 19.4 Å². The topological polar surface area (TPSA) is 94.5 Å². The van der Waals surface area contributed by atoms with E-state index in [1.165, 1.54) is 0 Å². The summed E-state index contributed by atoms with van der Waals surface area (Å²) in [5.41, 5.74) is 3.47. The van der Waals surface area contributed by atoms with Crippen molar-refractivity contribution in [3.05, 3.63) is 90.5 Å². The maximum Gasteiger partial charge on any atom is 0.263 e. The number of rotatable bonds is 9. The van der Waals surface area contributed by atoms with E-state index < -0.39 is 10.0 Å². The zero-order chi connectivity index (χ0) is 24.1. The molecule has 0 spiro atoms. The minimum absolute atomic E-state index is 0.145. The summed E-state index contributed by atoms with van der Waals surface area (Å²) in [6, 6.07) is 19.5. The van der Waals surface area contributed by atoms with Crippen LogP contribution in [0.15, 0.2) is 84.1 Å². The number of anilines is 2. The summed E-state index contributed by atoms with van der Waals surface area (Å²) in [6.45, 7) is 2.34. The Labute approximate surface area is 199 Å². The average molecular weight is 479 g/mol. The fourth-order valence-electron chi connectivity index (χ4n) is 3.54. The second kappa shape index (κ2) is 9.88. The van der Waals surface area contributed by atoms with Crippen molar-refractivity contribution in [2.45, 2.75) is 18.4 Å². The molecule has 0 saturated carbocycles. The van der Waals surface area contributed by atoms with Crippen LogP contribution >= 0.6 is 0 Å². The van der Waals surface area contributed by atoms with Crippen LogP contribution in [0.4, 0.5) is 11.4 Å². The number of hydrogen-bond donors (Lipinski definition) is 2. The molecule has 176 valence electrons. The van der Waals surface area contributed by atoms with Crippen molar-refractivity contribution in [2.75, 3.05) is 24.3 Å². The van der Waals surface area contributed by atoms with E-state index >= 15 is 0 Å². The lowest BCUT2D eigenvalue weighted by Crippen LogP contribution is -2.15. The van der Waals surface area contributed by atoms with E-state index in [2.05, 4.69) is 15.0 Å². The monoisotopic (exact) mass is 478 g/mol. The molecule has 34 heavy (non-hydrogen) atoms. The number of aromatic nitrogens is 2. The van der Waals surface area contributed by atoms with E-state index in [1.807, 2.05) is 42.0 Å². The molecular formula is C25H26N4O4S. The molecule has 0 radical (unpaired) electrons. The number of imidazole rings is 1. The van der Waals surface area contributed by atoms with E-state index in [-0.39, 0.29) is 4.90 Å². The lowest BCUT2D eigenvalue weighted by Gasteiger charge is -2.16. The van der Waals surface area contributed by atoms with Crippen molar-refractivity contribution in [2.24, 2.45) is 0 Å². The summed E-state index contributed by atoms with van der Waals surface area (Å²) in [7, 11) is -0.722. The van der Waals surface area contributed by atoms with E-state index in [0.29, 0.717) is 23.7 Å². The quantitative estimate of drug-likeness (QED) is 0.365. The molecule has 0 fully saturated rings. The Morgan fingerprint density at radius 2 is 1.79 bits per heavy atom. The van der Waals surface area contributed by atoms with Crippen LogP contribution in [0.1, 0.15) is 11.3 Å². The SMILES string of the molecule is COc1cccc(CNc2ccccc2S(=O)(=O)Nc2ccc(-n3cnc(C)c3)c(OC)c2)c1. The first kappa shape index (κ1) is 23.2. The standard InChI is InChI=1S/C25H26N4O4S/c1-18-16-29(17-27-18)23-12-11-20(14-24(23)33-3)28-34(30,31)25-10-5-4-9-22(25)26-15-19-7-6-8-21(13-19)32-2/h4-14,16-17,26,28H,15H2,1-3H3. The zero-order valence-electron chi connectivity index (χ0n) is 19.1. The van der Waals surface area contributed by atoms with Gasteiger partial charge in [-0.25, -0.2) is 13.4 Å². The van der Waals surface area contributed by atoms with Crippen molar-refractivity contribution >= 4 is 21.4 Å². The number of para-hydroxylation sites is 1. The summed E-state index contributed by atoms with van der Waals surface area (Å²) in [4.78, 5) is 4.38. The number of ether oxygens (including phenoxy) is 2. The molecule has 9 heteroatoms. The van der Waals surface area contributed by atoms with Crippen molar-refractivity contribution in [1.82, 2.24) is 9.55 Å². The summed E-state index contributed by atoms with van der Waals surface area (Å²) in [6.07, 6.45) is 3.55. The molecule has 0 aliphatic heterocycles. The summed E-state index contributed by atoms with van der Waals surface area (Å²) >= 11 is 0. The first-order chi connectivity index (χ1) is 16.4. The Bertz CT molecular complexity index is 1400. The fourth-order valence-corrected chi connectivity index (χ4v) is 4.78. The Kier molecular flexibility index (Phi) is 6.74. The van der Waals surface area contributed by atoms with Gasteiger partial charge in [-0.1, -0.05) is 24.3 Å². The van der Waals surface area contributed by atoms with Crippen molar-refractivity contribution < 1.29 is 17.9 Å². The molecule has 0 atom stereocenters. The van der Waals surface area contributed by atoms with Gasteiger partial charge in [0, 0.05) is 18.8 Å². The second-order valence-electron chi connectivity index (χ2n) is 7.62. The number of sulfonamides is 1.